The normalized spacial score (nSPS) is 16.2. The average molecular weight is 401 g/mol. The molecule has 9 nitrogen and oxygen atoms in total. The van der Waals surface area contributed by atoms with E-state index in [4.69, 9.17) is 4.74 Å². The van der Waals surface area contributed by atoms with Gasteiger partial charge in [-0.25, -0.2) is 8.42 Å². The summed E-state index contributed by atoms with van der Waals surface area (Å²) in [6.07, 6.45) is 3.26. The average Bonchev–Trinajstić information content (AvgIpc) is 2.63. The summed E-state index contributed by atoms with van der Waals surface area (Å²) in [5.74, 6) is 0.452. The molecule has 1 saturated heterocycles. The fourth-order valence-electron chi connectivity index (χ4n) is 3.08. The maximum atomic E-state index is 11.2. The van der Waals surface area contributed by atoms with Crippen molar-refractivity contribution in [3.8, 4) is 5.75 Å². The Morgan fingerprint density at radius 2 is 2.00 bits per heavy atom. The van der Waals surface area contributed by atoms with Crippen molar-refractivity contribution in [2.24, 2.45) is 0 Å². The molecule has 1 aromatic carbocycles. The van der Waals surface area contributed by atoms with Crippen molar-refractivity contribution in [2.75, 3.05) is 57.2 Å². The molecular formula is C17H28N4O5S. The SMILES string of the molecule is COc1cc(NCCNC2CCN(CCS(C)(=O)=O)CC2)ccc1[N+](=O)[O-]. The van der Waals surface area contributed by atoms with Crippen molar-refractivity contribution in [2.45, 2.75) is 18.9 Å². The molecule has 0 aliphatic carbocycles. The summed E-state index contributed by atoms with van der Waals surface area (Å²) in [6.45, 7) is 3.87. The Hall–Kier alpha value is -1.91. The van der Waals surface area contributed by atoms with Gasteiger partial charge in [0.2, 0.25) is 0 Å². The lowest BCUT2D eigenvalue weighted by molar-refractivity contribution is -0.385. The smallest absolute Gasteiger partial charge is 0.311 e. The molecule has 0 spiro atoms. The molecule has 2 N–H and O–H groups in total. The van der Waals surface area contributed by atoms with Gasteiger partial charge < -0.3 is 20.3 Å². The largest absolute Gasteiger partial charge is 0.490 e. The van der Waals surface area contributed by atoms with Crippen LogP contribution in [-0.2, 0) is 9.84 Å². The fourth-order valence-corrected chi connectivity index (χ4v) is 3.67. The highest BCUT2D eigenvalue weighted by Gasteiger charge is 2.19. The summed E-state index contributed by atoms with van der Waals surface area (Å²) >= 11 is 0. The number of hydrogen-bond acceptors (Lipinski definition) is 8. The number of methoxy groups -OCH3 is 1. The zero-order valence-electron chi connectivity index (χ0n) is 15.8. The third-order valence-electron chi connectivity index (χ3n) is 4.63. The van der Waals surface area contributed by atoms with Crippen LogP contribution in [-0.4, -0.2) is 76.1 Å². The van der Waals surface area contributed by atoms with Gasteiger partial charge in [-0.15, -0.1) is 0 Å². The number of sulfone groups is 1. The van der Waals surface area contributed by atoms with E-state index in [1.165, 1.54) is 19.4 Å². The van der Waals surface area contributed by atoms with E-state index < -0.39 is 14.8 Å². The predicted octanol–water partition coefficient (Wildman–Crippen LogP) is 1.11. The zero-order chi connectivity index (χ0) is 19.9. The highest BCUT2D eigenvalue weighted by Crippen LogP contribution is 2.29. The second-order valence-corrected chi connectivity index (χ2v) is 9.03. The summed E-state index contributed by atoms with van der Waals surface area (Å²) in [5.41, 5.74) is 0.721. The number of piperidine rings is 1. The number of likely N-dealkylation sites (tertiary alicyclic amines) is 1. The van der Waals surface area contributed by atoms with Crippen LogP contribution in [0.25, 0.3) is 0 Å². The lowest BCUT2D eigenvalue weighted by Crippen LogP contribution is -2.44. The van der Waals surface area contributed by atoms with E-state index in [1.54, 1.807) is 12.1 Å². The van der Waals surface area contributed by atoms with Gasteiger partial charge in [0.05, 0.1) is 17.8 Å². The Bertz CT molecular complexity index is 733. The molecule has 1 heterocycles. The quantitative estimate of drug-likeness (QED) is 0.341. The van der Waals surface area contributed by atoms with E-state index >= 15 is 0 Å². The number of hydrogen-bond donors (Lipinski definition) is 2. The van der Waals surface area contributed by atoms with Crippen molar-refractivity contribution in [3.05, 3.63) is 28.3 Å². The Kier molecular flexibility index (Phi) is 7.81. The molecule has 0 unspecified atom stereocenters. The highest BCUT2D eigenvalue weighted by molar-refractivity contribution is 7.90. The van der Waals surface area contributed by atoms with Crippen LogP contribution in [0.1, 0.15) is 12.8 Å². The van der Waals surface area contributed by atoms with Crippen LogP contribution in [0.2, 0.25) is 0 Å². The first-order valence-corrected chi connectivity index (χ1v) is 11.0. The number of nitro benzene ring substituents is 1. The second kappa shape index (κ2) is 9.86. The van der Waals surface area contributed by atoms with Crippen LogP contribution in [0.4, 0.5) is 11.4 Å². The zero-order valence-corrected chi connectivity index (χ0v) is 16.6. The van der Waals surface area contributed by atoms with E-state index in [0.717, 1.165) is 38.2 Å². The molecule has 27 heavy (non-hydrogen) atoms. The molecule has 152 valence electrons. The fraction of sp³-hybridized carbons (Fsp3) is 0.647. The highest BCUT2D eigenvalue weighted by atomic mass is 32.2. The number of rotatable bonds is 10. The molecule has 0 saturated carbocycles. The van der Waals surface area contributed by atoms with E-state index in [9.17, 15) is 18.5 Å². The van der Waals surface area contributed by atoms with Gasteiger partial charge in [0, 0.05) is 49.8 Å². The predicted molar refractivity (Wildman–Crippen MR) is 105 cm³/mol. The van der Waals surface area contributed by atoms with Crippen molar-refractivity contribution < 1.29 is 18.1 Å². The van der Waals surface area contributed by atoms with Gasteiger partial charge in [0.25, 0.3) is 0 Å². The van der Waals surface area contributed by atoms with Crippen LogP contribution in [0, 0.1) is 10.1 Å². The molecule has 0 aromatic heterocycles. The van der Waals surface area contributed by atoms with Gasteiger partial charge in [-0.2, -0.15) is 0 Å². The van der Waals surface area contributed by atoms with Crippen molar-refractivity contribution in [1.29, 1.82) is 0 Å². The van der Waals surface area contributed by atoms with Gasteiger partial charge in [-0.05, 0) is 32.0 Å². The number of benzene rings is 1. The Labute approximate surface area is 160 Å². The molecule has 10 heteroatoms. The molecule has 0 radical (unpaired) electrons. The van der Waals surface area contributed by atoms with E-state index in [0.29, 0.717) is 19.1 Å². The first-order valence-electron chi connectivity index (χ1n) is 8.98. The van der Waals surface area contributed by atoms with Crippen LogP contribution in [0.5, 0.6) is 5.75 Å². The minimum atomic E-state index is -2.91. The first-order chi connectivity index (χ1) is 12.8. The molecule has 0 amide bonds. The Morgan fingerprint density at radius 1 is 1.30 bits per heavy atom. The number of ether oxygens (including phenoxy) is 1. The Balaban J connectivity index is 1.67. The van der Waals surface area contributed by atoms with E-state index in [-0.39, 0.29) is 17.2 Å². The van der Waals surface area contributed by atoms with Crippen LogP contribution >= 0.6 is 0 Å². The summed E-state index contributed by atoms with van der Waals surface area (Å²) in [5, 5.41) is 17.6. The monoisotopic (exact) mass is 400 g/mol. The molecule has 1 aromatic rings. The van der Waals surface area contributed by atoms with Crippen molar-refractivity contribution >= 4 is 21.2 Å². The molecule has 2 rings (SSSR count). The van der Waals surface area contributed by atoms with Gasteiger partial charge in [0.15, 0.2) is 5.75 Å². The van der Waals surface area contributed by atoms with Crippen LogP contribution in [0.3, 0.4) is 0 Å². The van der Waals surface area contributed by atoms with Crippen LogP contribution in [0.15, 0.2) is 18.2 Å². The topological polar surface area (TPSA) is 114 Å². The molecule has 1 aliphatic heterocycles. The maximum absolute atomic E-state index is 11.2. The molecule has 0 bridgehead atoms. The third kappa shape index (κ3) is 7.31. The Morgan fingerprint density at radius 3 is 2.59 bits per heavy atom. The molecule has 0 atom stereocenters. The van der Waals surface area contributed by atoms with E-state index in [2.05, 4.69) is 15.5 Å². The van der Waals surface area contributed by atoms with Gasteiger partial charge in [-0.1, -0.05) is 0 Å². The second-order valence-electron chi connectivity index (χ2n) is 6.77. The van der Waals surface area contributed by atoms with Crippen molar-refractivity contribution in [3.63, 3.8) is 0 Å². The summed E-state index contributed by atoms with van der Waals surface area (Å²) in [4.78, 5) is 12.6. The summed E-state index contributed by atoms with van der Waals surface area (Å²) in [6, 6.07) is 5.15. The standard InChI is InChI=1S/C17H28N4O5S/c1-26-17-13-15(3-4-16(17)21(22)23)19-8-7-18-14-5-9-20(10-6-14)11-12-27(2,24)25/h3-4,13-14,18-19H,5-12H2,1-2H3. The number of nitrogens with one attached hydrogen (secondary N) is 2. The van der Waals surface area contributed by atoms with Gasteiger partial charge >= 0.3 is 5.69 Å². The number of nitrogens with zero attached hydrogens (tertiary/aromatic N) is 2. The van der Waals surface area contributed by atoms with Gasteiger partial charge in [0.1, 0.15) is 9.84 Å². The number of nitro groups is 1. The molecule has 1 aliphatic rings. The number of anilines is 1. The maximum Gasteiger partial charge on any atom is 0.311 e. The van der Waals surface area contributed by atoms with Crippen molar-refractivity contribution in [1.82, 2.24) is 10.2 Å². The van der Waals surface area contributed by atoms with E-state index in [1.807, 2.05) is 0 Å². The lowest BCUT2D eigenvalue weighted by atomic mass is 10.1. The van der Waals surface area contributed by atoms with Crippen LogP contribution < -0.4 is 15.4 Å². The summed E-state index contributed by atoms with van der Waals surface area (Å²) < 4.78 is 27.5. The minimum Gasteiger partial charge on any atom is -0.490 e. The summed E-state index contributed by atoms with van der Waals surface area (Å²) in [7, 11) is -1.49. The first kappa shape index (κ1) is 21.4. The van der Waals surface area contributed by atoms with Gasteiger partial charge in [-0.3, -0.25) is 10.1 Å². The molecular weight excluding hydrogens is 372 g/mol. The minimum absolute atomic E-state index is 0.0520. The molecule has 1 fully saturated rings. The lowest BCUT2D eigenvalue weighted by Gasteiger charge is -2.32. The third-order valence-corrected chi connectivity index (χ3v) is 5.55.